The van der Waals surface area contributed by atoms with Crippen molar-refractivity contribution < 1.29 is 13.9 Å². The standard InChI is InChI=1S/C23H23N3O3/c1-16-8-3-6-11-20(16)29-15-13-26-19-10-5-4-9-18(19)25-22(26)17(2)24-23(27)21-12-7-14-28-21/h3-12,14,17H,13,15H2,1-2H3,(H,24,27)/t17-/m1/s1. The lowest BCUT2D eigenvalue weighted by Gasteiger charge is -2.16. The second kappa shape index (κ2) is 8.22. The first-order chi connectivity index (χ1) is 14.1. The summed E-state index contributed by atoms with van der Waals surface area (Å²) in [5.41, 5.74) is 3.00. The third-order valence-electron chi connectivity index (χ3n) is 4.83. The van der Waals surface area contributed by atoms with Crippen molar-refractivity contribution in [1.82, 2.24) is 14.9 Å². The molecule has 0 spiro atoms. The summed E-state index contributed by atoms with van der Waals surface area (Å²) in [6.45, 7) is 5.06. The van der Waals surface area contributed by atoms with Crippen molar-refractivity contribution in [2.24, 2.45) is 0 Å². The van der Waals surface area contributed by atoms with Crippen molar-refractivity contribution in [3.8, 4) is 5.75 Å². The minimum atomic E-state index is -0.293. The summed E-state index contributed by atoms with van der Waals surface area (Å²) < 4.78 is 13.3. The summed E-state index contributed by atoms with van der Waals surface area (Å²) in [4.78, 5) is 17.1. The van der Waals surface area contributed by atoms with Crippen molar-refractivity contribution in [2.45, 2.75) is 26.4 Å². The second-order valence-electron chi connectivity index (χ2n) is 6.90. The van der Waals surface area contributed by atoms with Crippen LogP contribution in [-0.2, 0) is 6.54 Å². The Morgan fingerprint density at radius 1 is 1.14 bits per heavy atom. The zero-order valence-corrected chi connectivity index (χ0v) is 16.5. The molecule has 6 nitrogen and oxygen atoms in total. The molecule has 2 aromatic carbocycles. The van der Waals surface area contributed by atoms with Crippen molar-refractivity contribution in [3.63, 3.8) is 0 Å². The van der Waals surface area contributed by atoms with Gasteiger partial charge in [-0.3, -0.25) is 4.79 Å². The number of hydrogen-bond acceptors (Lipinski definition) is 4. The zero-order chi connectivity index (χ0) is 20.2. The molecule has 1 atom stereocenters. The molecule has 4 rings (SSSR count). The van der Waals surface area contributed by atoms with E-state index in [1.165, 1.54) is 6.26 Å². The Labute approximate surface area is 169 Å². The minimum absolute atomic E-state index is 0.266. The average Bonchev–Trinajstić information content (AvgIpc) is 3.38. The van der Waals surface area contributed by atoms with Gasteiger partial charge < -0.3 is 19.0 Å². The molecule has 0 bridgehead atoms. The number of furan rings is 1. The maximum atomic E-state index is 12.4. The highest BCUT2D eigenvalue weighted by molar-refractivity contribution is 5.91. The second-order valence-corrected chi connectivity index (χ2v) is 6.90. The van der Waals surface area contributed by atoms with Gasteiger partial charge in [0.05, 0.1) is 29.9 Å². The number of aryl methyl sites for hydroxylation is 1. The highest BCUT2D eigenvalue weighted by atomic mass is 16.5. The number of benzene rings is 2. The van der Waals surface area contributed by atoms with Crippen LogP contribution in [-0.4, -0.2) is 22.1 Å². The number of rotatable bonds is 7. The molecule has 0 fully saturated rings. The van der Waals surface area contributed by atoms with E-state index in [0.29, 0.717) is 13.2 Å². The largest absolute Gasteiger partial charge is 0.491 e. The highest BCUT2D eigenvalue weighted by Gasteiger charge is 2.20. The van der Waals surface area contributed by atoms with Gasteiger partial charge in [0.1, 0.15) is 18.2 Å². The van der Waals surface area contributed by atoms with Gasteiger partial charge in [0.25, 0.3) is 5.91 Å². The SMILES string of the molecule is Cc1ccccc1OCCn1c([C@@H](C)NC(=O)c2ccco2)nc2ccccc21. The van der Waals surface area contributed by atoms with Crippen LogP contribution < -0.4 is 10.1 Å². The molecule has 6 heteroatoms. The van der Waals surface area contributed by atoms with Gasteiger partial charge in [0, 0.05) is 0 Å². The molecular formula is C23H23N3O3. The summed E-state index contributed by atoms with van der Waals surface area (Å²) >= 11 is 0. The topological polar surface area (TPSA) is 69.3 Å². The number of imidazole rings is 1. The summed E-state index contributed by atoms with van der Waals surface area (Å²) in [6, 6.07) is 18.9. The molecule has 0 saturated heterocycles. The lowest BCUT2D eigenvalue weighted by atomic mass is 10.2. The van der Waals surface area contributed by atoms with E-state index in [2.05, 4.69) is 9.88 Å². The number of hydrogen-bond donors (Lipinski definition) is 1. The first-order valence-corrected chi connectivity index (χ1v) is 9.61. The maximum Gasteiger partial charge on any atom is 0.287 e. The van der Waals surface area contributed by atoms with Crippen LogP contribution in [0.5, 0.6) is 5.75 Å². The number of carbonyl (C=O) groups excluding carboxylic acids is 1. The van der Waals surface area contributed by atoms with Gasteiger partial charge in [-0.1, -0.05) is 30.3 Å². The number of nitrogens with one attached hydrogen (secondary N) is 1. The number of amides is 1. The third-order valence-corrected chi connectivity index (χ3v) is 4.83. The first kappa shape index (κ1) is 18.8. The van der Waals surface area contributed by atoms with Crippen LogP contribution in [0.2, 0.25) is 0 Å². The number of carbonyl (C=O) groups is 1. The molecule has 1 amide bonds. The fourth-order valence-electron chi connectivity index (χ4n) is 3.37. The average molecular weight is 389 g/mol. The summed E-state index contributed by atoms with van der Waals surface area (Å²) in [7, 11) is 0. The molecule has 0 aliphatic carbocycles. The molecule has 0 aliphatic rings. The van der Waals surface area contributed by atoms with Crippen LogP contribution in [0.4, 0.5) is 0 Å². The Morgan fingerprint density at radius 3 is 2.72 bits per heavy atom. The van der Waals surface area contributed by atoms with Crippen LogP contribution in [0, 0.1) is 6.92 Å². The van der Waals surface area contributed by atoms with Crippen molar-refractivity contribution in [3.05, 3.63) is 84.1 Å². The first-order valence-electron chi connectivity index (χ1n) is 9.61. The van der Waals surface area contributed by atoms with Gasteiger partial charge in [-0.05, 0) is 49.7 Å². The van der Waals surface area contributed by atoms with E-state index in [1.807, 2.05) is 62.4 Å². The predicted octanol–water partition coefficient (Wildman–Crippen LogP) is 4.51. The summed E-state index contributed by atoms with van der Waals surface area (Å²) in [6.07, 6.45) is 1.48. The quantitative estimate of drug-likeness (QED) is 0.505. The predicted molar refractivity (Wildman–Crippen MR) is 111 cm³/mol. The van der Waals surface area contributed by atoms with Crippen LogP contribution >= 0.6 is 0 Å². The molecule has 0 saturated carbocycles. The van der Waals surface area contributed by atoms with E-state index >= 15 is 0 Å². The monoisotopic (exact) mass is 389 g/mol. The van der Waals surface area contributed by atoms with E-state index in [4.69, 9.17) is 14.1 Å². The van der Waals surface area contributed by atoms with Crippen molar-refractivity contribution in [2.75, 3.05) is 6.61 Å². The van der Waals surface area contributed by atoms with Gasteiger partial charge in [0.2, 0.25) is 0 Å². The zero-order valence-electron chi connectivity index (χ0n) is 16.5. The molecular weight excluding hydrogens is 366 g/mol. The van der Waals surface area contributed by atoms with Crippen LogP contribution in [0.15, 0.2) is 71.3 Å². The molecule has 1 N–H and O–H groups in total. The minimum Gasteiger partial charge on any atom is -0.491 e. The Hall–Kier alpha value is -3.54. The van der Waals surface area contributed by atoms with Gasteiger partial charge in [-0.15, -0.1) is 0 Å². The Morgan fingerprint density at radius 2 is 1.93 bits per heavy atom. The molecule has 148 valence electrons. The smallest absolute Gasteiger partial charge is 0.287 e. The Balaban J connectivity index is 1.55. The number of fused-ring (bicyclic) bond motifs is 1. The number of ether oxygens (including phenoxy) is 1. The molecule has 0 unspecified atom stereocenters. The normalized spacial score (nSPS) is 12.1. The van der Waals surface area contributed by atoms with Crippen LogP contribution in [0.25, 0.3) is 11.0 Å². The lowest BCUT2D eigenvalue weighted by molar-refractivity contribution is 0.0909. The van der Waals surface area contributed by atoms with Crippen molar-refractivity contribution >= 4 is 16.9 Å². The van der Waals surface area contributed by atoms with Gasteiger partial charge in [-0.25, -0.2) is 4.98 Å². The van der Waals surface area contributed by atoms with E-state index in [1.54, 1.807) is 12.1 Å². The fraction of sp³-hybridized carbons (Fsp3) is 0.217. The Bertz CT molecular complexity index is 1120. The van der Waals surface area contributed by atoms with Crippen LogP contribution in [0.3, 0.4) is 0 Å². The van der Waals surface area contributed by atoms with E-state index < -0.39 is 0 Å². The third kappa shape index (κ3) is 4.01. The van der Waals surface area contributed by atoms with E-state index in [9.17, 15) is 4.79 Å². The molecule has 0 aliphatic heterocycles. The van der Waals surface area contributed by atoms with E-state index in [0.717, 1.165) is 28.2 Å². The number of nitrogens with zero attached hydrogens (tertiary/aromatic N) is 2. The van der Waals surface area contributed by atoms with Gasteiger partial charge in [-0.2, -0.15) is 0 Å². The fourth-order valence-corrected chi connectivity index (χ4v) is 3.37. The molecule has 2 heterocycles. The van der Waals surface area contributed by atoms with Gasteiger partial charge in [0.15, 0.2) is 5.76 Å². The summed E-state index contributed by atoms with van der Waals surface area (Å²) in [5, 5.41) is 2.96. The number of para-hydroxylation sites is 3. The molecule has 4 aromatic rings. The molecule has 0 radical (unpaired) electrons. The Kier molecular flexibility index (Phi) is 5.33. The van der Waals surface area contributed by atoms with Crippen molar-refractivity contribution in [1.29, 1.82) is 0 Å². The lowest BCUT2D eigenvalue weighted by Crippen LogP contribution is -2.29. The van der Waals surface area contributed by atoms with Gasteiger partial charge >= 0.3 is 0 Å². The maximum absolute atomic E-state index is 12.4. The molecule has 2 aromatic heterocycles. The van der Waals surface area contributed by atoms with E-state index in [-0.39, 0.29) is 17.7 Å². The summed E-state index contributed by atoms with van der Waals surface area (Å²) in [5.74, 6) is 1.66. The molecule has 29 heavy (non-hydrogen) atoms. The number of aromatic nitrogens is 2. The highest BCUT2D eigenvalue weighted by Crippen LogP contribution is 2.22. The van der Waals surface area contributed by atoms with Crippen LogP contribution in [0.1, 0.15) is 34.9 Å².